The maximum Gasteiger partial charge on any atom is 0.244 e. The first-order chi connectivity index (χ1) is 14.2. The number of carbonyl (C=O) groups is 1. The summed E-state index contributed by atoms with van der Waals surface area (Å²) in [5.74, 6) is 1.15. The van der Waals surface area contributed by atoms with Crippen molar-refractivity contribution in [2.75, 3.05) is 13.7 Å². The summed E-state index contributed by atoms with van der Waals surface area (Å²) in [6.07, 6.45) is 7.54. The zero-order valence-electron chi connectivity index (χ0n) is 16.4. The molecule has 3 aromatic rings. The SMILES string of the molecule is COc1cc(/C=C/C(=O)NCCc2ccncc2)ccc1OCc1ccccc1. The molecule has 0 bridgehead atoms. The molecule has 0 radical (unpaired) electrons. The summed E-state index contributed by atoms with van der Waals surface area (Å²) in [4.78, 5) is 16.0. The zero-order chi connectivity index (χ0) is 20.3. The number of nitrogens with zero attached hydrogens (tertiary/aromatic N) is 1. The highest BCUT2D eigenvalue weighted by Crippen LogP contribution is 2.29. The van der Waals surface area contributed by atoms with Crippen LogP contribution in [-0.4, -0.2) is 24.5 Å². The van der Waals surface area contributed by atoms with Gasteiger partial charge >= 0.3 is 0 Å². The lowest BCUT2D eigenvalue weighted by Crippen LogP contribution is -2.23. The highest BCUT2D eigenvalue weighted by molar-refractivity contribution is 5.91. The van der Waals surface area contributed by atoms with Gasteiger partial charge in [-0.05, 0) is 53.5 Å². The molecule has 0 unspecified atom stereocenters. The molecule has 0 aliphatic carbocycles. The lowest BCUT2D eigenvalue weighted by Gasteiger charge is -2.11. The molecule has 1 amide bonds. The van der Waals surface area contributed by atoms with Crippen LogP contribution in [0.5, 0.6) is 11.5 Å². The van der Waals surface area contributed by atoms with Crippen LogP contribution in [0.15, 0.2) is 79.1 Å². The van der Waals surface area contributed by atoms with Crippen LogP contribution in [0.1, 0.15) is 16.7 Å². The van der Waals surface area contributed by atoms with E-state index in [0.29, 0.717) is 24.7 Å². The molecular weight excluding hydrogens is 364 g/mol. The van der Waals surface area contributed by atoms with Crippen LogP contribution >= 0.6 is 0 Å². The third-order valence-electron chi connectivity index (χ3n) is 4.31. The number of methoxy groups -OCH3 is 1. The minimum absolute atomic E-state index is 0.137. The van der Waals surface area contributed by atoms with Crippen molar-refractivity contribution in [2.45, 2.75) is 13.0 Å². The Balaban J connectivity index is 1.52. The van der Waals surface area contributed by atoms with E-state index in [1.165, 1.54) is 6.08 Å². The van der Waals surface area contributed by atoms with E-state index in [0.717, 1.165) is 23.1 Å². The summed E-state index contributed by atoms with van der Waals surface area (Å²) in [6.45, 7) is 1.04. The molecule has 1 N–H and O–H groups in total. The third-order valence-corrected chi connectivity index (χ3v) is 4.31. The minimum Gasteiger partial charge on any atom is -0.493 e. The van der Waals surface area contributed by atoms with Crippen LogP contribution in [0.3, 0.4) is 0 Å². The van der Waals surface area contributed by atoms with Crippen LogP contribution < -0.4 is 14.8 Å². The van der Waals surface area contributed by atoms with Gasteiger partial charge in [0.2, 0.25) is 5.91 Å². The van der Waals surface area contributed by atoms with E-state index in [1.807, 2.05) is 60.7 Å². The number of aromatic nitrogens is 1. The van der Waals surface area contributed by atoms with E-state index in [4.69, 9.17) is 9.47 Å². The fourth-order valence-corrected chi connectivity index (χ4v) is 2.75. The van der Waals surface area contributed by atoms with Gasteiger partial charge in [0.05, 0.1) is 7.11 Å². The Morgan fingerprint density at radius 2 is 1.79 bits per heavy atom. The minimum atomic E-state index is -0.137. The van der Waals surface area contributed by atoms with E-state index in [9.17, 15) is 4.79 Å². The summed E-state index contributed by atoms with van der Waals surface area (Å²) in [5, 5.41) is 2.88. The molecule has 0 atom stereocenters. The van der Waals surface area contributed by atoms with Gasteiger partial charge < -0.3 is 14.8 Å². The predicted octanol–water partition coefficient (Wildman–Crippen LogP) is 4.04. The van der Waals surface area contributed by atoms with Crippen molar-refractivity contribution in [1.29, 1.82) is 0 Å². The highest BCUT2D eigenvalue weighted by atomic mass is 16.5. The van der Waals surface area contributed by atoms with E-state index < -0.39 is 0 Å². The van der Waals surface area contributed by atoms with Crippen molar-refractivity contribution in [3.05, 3.63) is 95.8 Å². The number of hydrogen-bond donors (Lipinski definition) is 1. The first-order valence-electron chi connectivity index (χ1n) is 9.44. The van der Waals surface area contributed by atoms with Crippen LogP contribution in [-0.2, 0) is 17.8 Å². The second-order valence-electron chi connectivity index (χ2n) is 6.41. The van der Waals surface area contributed by atoms with E-state index in [1.54, 1.807) is 25.6 Å². The number of carbonyl (C=O) groups excluding carboxylic acids is 1. The van der Waals surface area contributed by atoms with Gasteiger partial charge in [-0.15, -0.1) is 0 Å². The number of amides is 1. The Morgan fingerprint density at radius 3 is 2.55 bits per heavy atom. The molecule has 29 heavy (non-hydrogen) atoms. The van der Waals surface area contributed by atoms with E-state index >= 15 is 0 Å². The quantitative estimate of drug-likeness (QED) is 0.562. The summed E-state index contributed by atoms with van der Waals surface area (Å²) in [6, 6.07) is 19.4. The van der Waals surface area contributed by atoms with Gasteiger partial charge in [-0.25, -0.2) is 0 Å². The standard InChI is InChI=1S/C24H24N2O3/c1-28-23-17-20(7-9-22(23)29-18-21-5-3-2-4-6-21)8-10-24(27)26-16-13-19-11-14-25-15-12-19/h2-12,14-15,17H,13,16,18H2,1H3,(H,26,27)/b10-8+. The number of rotatable bonds is 9. The molecule has 2 aromatic carbocycles. The molecule has 0 spiro atoms. The number of pyridine rings is 1. The Morgan fingerprint density at radius 1 is 1.00 bits per heavy atom. The third kappa shape index (κ3) is 6.50. The number of nitrogens with one attached hydrogen (secondary N) is 1. The van der Waals surface area contributed by atoms with Crippen molar-refractivity contribution in [3.63, 3.8) is 0 Å². The maximum absolute atomic E-state index is 12.0. The molecule has 3 rings (SSSR count). The van der Waals surface area contributed by atoms with Gasteiger partial charge in [-0.3, -0.25) is 9.78 Å². The molecule has 5 heteroatoms. The Bertz CT molecular complexity index is 941. The second-order valence-corrected chi connectivity index (χ2v) is 6.41. The largest absolute Gasteiger partial charge is 0.493 e. The molecule has 5 nitrogen and oxygen atoms in total. The number of ether oxygens (including phenoxy) is 2. The summed E-state index contributed by atoms with van der Waals surface area (Å²) < 4.78 is 11.3. The van der Waals surface area contributed by atoms with Gasteiger partial charge in [0.1, 0.15) is 6.61 Å². The van der Waals surface area contributed by atoms with Crippen molar-refractivity contribution in [2.24, 2.45) is 0 Å². The molecule has 0 fully saturated rings. The van der Waals surface area contributed by atoms with Gasteiger partial charge in [-0.1, -0.05) is 36.4 Å². The van der Waals surface area contributed by atoms with Crippen molar-refractivity contribution in [3.8, 4) is 11.5 Å². The molecule has 1 aromatic heterocycles. The molecule has 1 heterocycles. The average Bonchev–Trinajstić information content (AvgIpc) is 2.78. The summed E-state index contributed by atoms with van der Waals surface area (Å²) in [5.41, 5.74) is 3.08. The van der Waals surface area contributed by atoms with E-state index in [2.05, 4.69) is 10.3 Å². The Hall–Kier alpha value is -3.60. The van der Waals surface area contributed by atoms with Crippen molar-refractivity contribution < 1.29 is 14.3 Å². The van der Waals surface area contributed by atoms with Crippen molar-refractivity contribution >= 4 is 12.0 Å². The smallest absolute Gasteiger partial charge is 0.244 e. The summed E-state index contributed by atoms with van der Waals surface area (Å²) in [7, 11) is 1.60. The van der Waals surface area contributed by atoms with Gasteiger partial charge in [-0.2, -0.15) is 0 Å². The highest BCUT2D eigenvalue weighted by Gasteiger charge is 2.06. The van der Waals surface area contributed by atoms with E-state index in [-0.39, 0.29) is 5.91 Å². The first kappa shape index (κ1) is 20.1. The maximum atomic E-state index is 12.0. The van der Waals surface area contributed by atoms with Crippen molar-refractivity contribution in [1.82, 2.24) is 10.3 Å². The summed E-state index contributed by atoms with van der Waals surface area (Å²) >= 11 is 0. The fraction of sp³-hybridized carbons (Fsp3) is 0.167. The molecule has 0 aliphatic heterocycles. The lowest BCUT2D eigenvalue weighted by atomic mass is 10.1. The molecule has 0 saturated heterocycles. The first-order valence-corrected chi connectivity index (χ1v) is 9.44. The van der Waals surface area contributed by atoms with Gasteiger partial charge in [0.15, 0.2) is 11.5 Å². The van der Waals surface area contributed by atoms with Crippen LogP contribution in [0.4, 0.5) is 0 Å². The molecular formula is C24H24N2O3. The predicted molar refractivity (Wildman–Crippen MR) is 114 cm³/mol. The van der Waals surface area contributed by atoms with Crippen LogP contribution in [0.25, 0.3) is 6.08 Å². The normalized spacial score (nSPS) is 10.7. The van der Waals surface area contributed by atoms with Gasteiger partial charge in [0.25, 0.3) is 0 Å². The molecule has 0 saturated carbocycles. The number of benzene rings is 2. The second kappa shape index (κ2) is 10.7. The fourth-order valence-electron chi connectivity index (χ4n) is 2.75. The Labute approximate surface area is 171 Å². The monoisotopic (exact) mass is 388 g/mol. The topological polar surface area (TPSA) is 60.5 Å². The van der Waals surface area contributed by atoms with Crippen LogP contribution in [0.2, 0.25) is 0 Å². The average molecular weight is 388 g/mol. The zero-order valence-corrected chi connectivity index (χ0v) is 16.4. The molecule has 0 aliphatic rings. The molecule has 148 valence electrons. The van der Waals surface area contributed by atoms with Crippen LogP contribution in [0, 0.1) is 0 Å². The lowest BCUT2D eigenvalue weighted by molar-refractivity contribution is -0.116. The van der Waals surface area contributed by atoms with Gasteiger partial charge in [0, 0.05) is 25.0 Å². The number of hydrogen-bond acceptors (Lipinski definition) is 4. The Kier molecular flexibility index (Phi) is 7.41.